The summed E-state index contributed by atoms with van der Waals surface area (Å²) in [7, 11) is 0. The maximum atomic E-state index is 3.87. The van der Waals surface area contributed by atoms with Gasteiger partial charge < -0.3 is 16.0 Å². The predicted octanol–water partition coefficient (Wildman–Crippen LogP) is 6.28. The van der Waals surface area contributed by atoms with E-state index >= 15 is 0 Å². The van der Waals surface area contributed by atoms with E-state index in [-0.39, 0.29) is 11.1 Å². The predicted molar refractivity (Wildman–Crippen MR) is 131 cm³/mol. The van der Waals surface area contributed by atoms with Crippen LogP contribution in [-0.2, 0) is 0 Å². The zero-order valence-electron chi connectivity index (χ0n) is 21.7. The lowest BCUT2D eigenvalue weighted by molar-refractivity contribution is 0.146. The lowest BCUT2D eigenvalue weighted by Gasteiger charge is -2.46. The second kappa shape index (κ2) is 11.0. The first-order chi connectivity index (χ1) is 13.1. The minimum atomic E-state index is 0.238. The SMILES string of the molecule is CC(C)(C)CC(CC(C)(C)C)NCCCCCCNC1CC(C)(C)NC(C)(C)C1. The average Bonchev–Trinajstić information content (AvgIpc) is 2.43. The van der Waals surface area contributed by atoms with Crippen molar-refractivity contribution in [1.29, 1.82) is 0 Å². The number of hydrogen-bond donors (Lipinski definition) is 3. The largest absolute Gasteiger partial charge is 0.314 e. The third-order valence-electron chi connectivity index (χ3n) is 5.88. The Balaban J connectivity index is 2.18. The Morgan fingerprint density at radius 1 is 0.759 bits per heavy atom. The van der Waals surface area contributed by atoms with Gasteiger partial charge in [-0.1, -0.05) is 54.4 Å². The van der Waals surface area contributed by atoms with E-state index in [1.54, 1.807) is 0 Å². The van der Waals surface area contributed by atoms with Gasteiger partial charge in [0.15, 0.2) is 0 Å². The highest BCUT2D eigenvalue weighted by atomic mass is 15.1. The molecule has 1 fully saturated rings. The van der Waals surface area contributed by atoms with Crippen molar-refractivity contribution in [2.45, 2.75) is 144 Å². The van der Waals surface area contributed by atoms with Gasteiger partial charge in [-0.2, -0.15) is 0 Å². The number of hydrogen-bond acceptors (Lipinski definition) is 3. The van der Waals surface area contributed by atoms with Gasteiger partial charge in [0.2, 0.25) is 0 Å². The monoisotopic (exact) mass is 409 g/mol. The van der Waals surface area contributed by atoms with Crippen LogP contribution < -0.4 is 16.0 Å². The summed E-state index contributed by atoms with van der Waals surface area (Å²) in [6.45, 7) is 25.9. The molecule has 29 heavy (non-hydrogen) atoms. The van der Waals surface area contributed by atoms with E-state index in [1.165, 1.54) is 64.5 Å². The molecule has 0 aliphatic carbocycles. The van der Waals surface area contributed by atoms with Gasteiger partial charge >= 0.3 is 0 Å². The summed E-state index contributed by atoms with van der Waals surface area (Å²) in [6, 6.07) is 1.29. The molecular weight excluding hydrogens is 354 g/mol. The minimum absolute atomic E-state index is 0.238. The van der Waals surface area contributed by atoms with Crippen molar-refractivity contribution in [2.24, 2.45) is 10.8 Å². The Kier molecular flexibility index (Phi) is 10.2. The molecule has 0 aromatic heterocycles. The Morgan fingerprint density at radius 2 is 1.21 bits per heavy atom. The highest BCUT2D eigenvalue weighted by Crippen LogP contribution is 2.29. The molecule has 3 nitrogen and oxygen atoms in total. The first-order valence-electron chi connectivity index (χ1n) is 12.3. The maximum absolute atomic E-state index is 3.87. The Hall–Kier alpha value is -0.120. The molecule has 0 aromatic carbocycles. The smallest absolute Gasteiger partial charge is 0.0144 e. The van der Waals surface area contributed by atoms with Gasteiger partial charge in [0.25, 0.3) is 0 Å². The van der Waals surface area contributed by atoms with Crippen LogP contribution in [0.5, 0.6) is 0 Å². The van der Waals surface area contributed by atoms with Crippen LogP contribution >= 0.6 is 0 Å². The Bertz CT molecular complexity index is 422. The number of rotatable bonds is 11. The van der Waals surface area contributed by atoms with Crippen LogP contribution in [0.2, 0.25) is 0 Å². The van der Waals surface area contributed by atoms with Crippen molar-refractivity contribution in [3.8, 4) is 0 Å². The van der Waals surface area contributed by atoms with E-state index in [9.17, 15) is 0 Å². The third kappa shape index (κ3) is 13.7. The van der Waals surface area contributed by atoms with Crippen LogP contribution in [0.4, 0.5) is 0 Å². The van der Waals surface area contributed by atoms with Crippen LogP contribution in [0.25, 0.3) is 0 Å². The van der Waals surface area contributed by atoms with Gasteiger partial charge in [0, 0.05) is 23.2 Å². The molecule has 0 amide bonds. The fourth-order valence-corrected chi connectivity index (χ4v) is 5.38. The van der Waals surface area contributed by atoms with Crippen LogP contribution in [0, 0.1) is 10.8 Å². The lowest BCUT2D eigenvalue weighted by atomic mass is 9.79. The zero-order chi connectivity index (χ0) is 22.3. The van der Waals surface area contributed by atoms with Crippen LogP contribution in [0.1, 0.15) is 121 Å². The van der Waals surface area contributed by atoms with Crippen molar-refractivity contribution in [3.63, 3.8) is 0 Å². The Morgan fingerprint density at radius 3 is 1.66 bits per heavy atom. The van der Waals surface area contributed by atoms with Crippen molar-refractivity contribution >= 4 is 0 Å². The zero-order valence-corrected chi connectivity index (χ0v) is 21.7. The lowest BCUT2D eigenvalue weighted by Crippen LogP contribution is -2.61. The van der Waals surface area contributed by atoms with Crippen molar-refractivity contribution in [1.82, 2.24) is 16.0 Å². The van der Waals surface area contributed by atoms with E-state index in [1.807, 2.05) is 0 Å². The topological polar surface area (TPSA) is 36.1 Å². The highest BCUT2D eigenvalue weighted by Gasteiger charge is 2.37. The molecule has 1 aliphatic rings. The number of unbranched alkanes of at least 4 members (excludes halogenated alkanes) is 3. The first kappa shape index (κ1) is 26.9. The normalized spacial score (nSPS) is 20.4. The second-order valence-corrected chi connectivity index (χ2v) is 13.5. The quantitative estimate of drug-likeness (QED) is 0.352. The van der Waals surface area contributed by atoms with E-state index < -0.39 is 0 Å². The van der Waals surface area contributed by atoms with Gasteiger partial charge in [-0.25, -0.2) is 0 Å². The summed E-state index contributed by atoms with van der Waals surface area (Å²) in [5.41, 5.74) is 1.27. The molecule has 0 radical (unpaired) electrons. The molecule has 3 N–H and O–H groups in total. The van der Waals surface area contributed by atoms with Gasteiger partial charge in [-0.15, -0.1) is 0 Å². The second-order valence-electron chi connectivity index (χ2n) is 13.5. The van der Waals surface area contributed by atoms with E-state index in [0.717, 1.165) is 0 Å². The van der Waals surface area contributed by atoms with Gasteiger partial charge in [0.1, 0.15) is 0 Å². The van der Waals surface area contributed by atoms with E-state index in [4.69, 9.17) is 0 Å². The molecule has 0 spiro atoms. The third-order valence-corrected chi connectivity index (χ3v) is 5.88. The van der Waals surface area contributed by atoms with E-state index in [2.05, 4.69) is 85.2 Å². The molecule has 3 heteroatoms. The fraction of sp³-hybridized carbons (Fsp3) is 1.00. The van der Waals surface area contributed by atoms with Crippen LogP contribution in [0.15, 0.2) is 0 Å². The summed E-state index contributed by atoms with van der Waals surface area (Å²) >= 11 is 0. The Labute approximate surface area is 184 Å². The fourth-order valence-electron chi connectivity index (χ4n) is 5.38. The first-order valence-corrected chi connectivity index (χ1v) is 12.3. The van der Waals surface area contributed by atoms with E-state index in [0.29, 0.717) is 22.9 Å². The molecule has 0 unspecified atom stereocenters. The molecule has 0 atom stereocenters. The highest BCUT2D eigenvalue weighted by molar-refractivity contribution is 4.99. The molecule has 1 aliphatic heterocycles. The van der Waals surface area contributed by atoms with Gasteiger partial charge in [-0.05, 0) is 90.1 Å². The molecule has 1 heterocycles. The average molecular weight is 410 g/mol. The molecule has 0 saturated carbocycles. The summed E-state index contributed by atoms with van der Waals surface area (Å²) in [6.07, 6.45) is 10.3. The molecule has 174 valence electrons. The summed E-state index contributed by atoms with van der Waals surface area (Å²) in [5, 5.41) is 11.5. The standard InChI is InChI=1S/C26H55N3/c1-23(2,3)17-21(18-24(4,5)6)27-15-13-11-12-14-16-28-22-19-25(7,8)29-26(9,10)20-22/h21-22,27-29H,11-20H2,1-10H3. The van der Waals surface area contributed by atoms with Crippen molar-refractivity contribution in [2.75, 3.05) is 13.1 Å². The molecule has 1 rings (SSSR count). The summed E-state index contributed by atoms with van der Waals surface area (Å²) < 4.78 is 0. The van der Waals surface area contributed by atoms with Gasteiger partial charge in [-0.3, -0.25) is 0 Å². The molecular formula is C26H55N3. The maximum Gasteiger partial charge on any atom is 0.0144 e. The molecule has 0 aromatic rings. The van der Waals surface area contributed by atoms with Crippen molar-refractivity contribution in [3.05, 3.63) is 0 Å². The molecule has 1 saturated heterocycles. The number of nitrogens with one attached hydrogen (secondary N) is 3. The van der Waals surface area contributed by atoms with Crippen LogP contribution in [0.3, 0.4) is 0 Å². The van der Waals surface area contributed by atoms with Crippen LogP contribution in [-0.4, -0.2) is 36.3 Å². The summed E-state index contributed by atoms with van der Waals surface area (Å²) in [5.74, 6) is 0. The molecule has 0 bridgehead atoms. The number of piperidine rings is 1. The van der Waals surface area contributed by atoms with Crippen molar-refractivity contribution < 1.29 is 0 Å². The minimum Gasteiger partial charge on any atom is -0.314 e. The van der Waals surface area contributed by atoms with Gasteiger partial charge in [0.05, 0.1) is 0 Å². The summed E-state index contributed by atoms with van der Waals surface area (Å²) in [4.78, 5) is 0.